The summed E-state index contributed by atoms with van der Waals surface area (Å²) in [7, 11) is 1.58. The van der Waals surface area contributed by atoms with E-state index in [0.29, 0.717) is 56.9 Å². The molecule has 1 atom stereocenters. The molecule has 4 aromatic rings. The van der Waals surface area contributed by atoms with Crippen molar-refractivity contribution in [3.8, 4) is 17.2 Å². The Morgan fingerprint density at radius 2 is 1.83 bits per heavy atom. The van der Waals surface area contributed by atoms with Crippen molar-refractivity contribution in [1.29, 1.82) is 0 Å². The van der Waals surface area contributed by atoms with Gasteiger partial charge in [-0.3, -0.25) is 4.79 Å². The van der Waals surface area contributed by atoms with E-state index in [4.69, 9.17) is 30.9 Å². The molecule has 0 radical (unpaired) electrons. The number of allylic oxidation sites excluding steroid dienone is 1. The lowest BCUT2D eigenvalue weighted by molar-refractivity contribution is -0.113. The highest BCUT2D eigenvalue weighted by Crippen LogP contribution is 2.40. The van der Waals surface area contributed by atoms with Gasteiger partial charge >= 0.3 is 0 Å². The number of thioether (sulfide) groups is 1. The van der Waals surface area contributed by atoms with Crippen LogP contribution < -0.4 is 24.8 Å². The number of methoxy groups -OCH3 is 1. The van der Waals surface area contributed by atoms with Crippen molar-refractivity contribution in [2.45, 2.75) is 38.6 Å². The Morgan fingerprint density at radius 3 is 2.60 bits per heavy atom. The van der Waals surface area contributed by atoms with Crippen LogP contribution in [0.5, 0.6) is 17.2 Å². The van der Waals surface area contributed by atoms with Crippen LogP contribution in [0.3, 0.4) is 0 Å². The van der Waals surface area contributed by atoms with E-state index < -0.39 is 6.04 Å². The van der Waals surface area contributed by atoms with Crippen LogP contribution in [0.25, 0.3) is 0 Å². The van der Waals surface area contributed by atoms with Gasteiger partial charge in [0.15, 0.2) is 11.5 Å². The number of ether oxygens (including phenoxy) is 3. The number of nitrogens with zero attached hydrogens (tertiary/aromatic N) is 3. The van der Waals surface area contributed by atoms with Gasteiger partial charge in [-0.25, -0.2) is 4.68 Å². The average molecular weight is 606 g/mol. The highest BCUT2D eigenvalue weighted by Gasteiger charge is 2.35. The van der Waals surface area contributed by atoms with Crippen LogP contribution in [0, 0.1) is 0 Å². The Morgan fingerprint density at radius 1 is 1.05 bits per heavy atom. The highest BCUT2D eigenvalue weighted by atomic mass is 35.5. The van der Waals surface area contributed by atoms with Gasteiger partial charge < -0.3 is 24.8 Å². The monoisotopic (exact) mass is 605 g/mol. The van der Waals surface area contributed by atoms with Gasteiger partial charge in [-0.05, 0) is 55.5 Å². The number of halogens is 1. The topological polar surface area (TPSA) is 99.5 Å². The van der Waals surface area contributed by atoms with Crippen molar-refractivity contribution in [2.24, 2.45) is 0 Å². The molecule has 1 aliphatic rings. The van der Waals surface area contributed by atoms with Crippen LogP contribution in [0.1, 0.15) is 37.9 Å². The fourth-order valence-corrected chi connectivity index (χ4v) is 5.45. The van der Waals surface area contributed by atoms with Crippen molar-refractivity contribution < 1.29 is 19.0 Å². The second-order valence-electron chi connectivity index (χ2n) is 9.34. The number of amides is 1. The molecule has 0 bridgehead atoms. The summed E-state index contributed by atoms with van der Waals surface area (Å²) in [5.41, 5.74) is 3.37. The average Bonchev–Trinajstić information content (AvgIpc) is 3.39. The largest absolute Gasteiger partial charge is 0.493 e. The van der Waals surface area contributed by atoms with Gasteiger partial charge in [-0.2, -0.15) is 4.98 Å². The van der Waals surface area contributed by atoms with Gasteiger partial charge in [0, 0.05) is 16.3 Å². The lowest BCUT2D eigenvalue weighted by Gasteiger charge is -2.29. The van der Waals surface area contributed by atoms with E-state index in [9.17, 15) is 4.79 Å². The number of anilines is 2. The summed E-state index contributed by atoms with van der Waals surface area (Å²) in [4.78, 5) is 18.6. The first-order valence-corrected chi connectivity index (χ1v) is 14.9. The van der Waals surface area contributed by atoms with Gasteiger partial charge in [0.05, 0.1) is 25.0 Å². The second kappa shape index (κ2) is 13.2. The third kappa shape index (κ3) is 6.19. The smallest absolute Gasteiger partial charge is 0.255 e. The molecule has 1 unspecified atom stereocenters. The van der Waals surface area contributed by atoms with Crippen molar-refractivity contribution in [3.05, 3.63) is 94.1 Å². The summed E-state index contributed by atoms with van der Waals surface area (Å²) in [6.45, 7) is 6.56. The van der Waals surface area contributed by atoms with Crippen LogP contribution in [-0.4, -0.2) is 40.1 Å². The Bertz CT molecular complexity index is 1620. The molecule has 0 saturated heterocycles. The van der Waals surface area contributed by atoms with Gasteiger partial charge in [0.2, 0.25) is 11.1 Å². The van der Waals surface area contributed by atoms with E-state index >= 15 is 0 Å². The molecule has 0 spiro atoms. The van der Waals surface area contributed by atoms with Gasteiger partial charge in [0.25, 0.3) is 5.91 Å². The first-order chi connectivity index (χ1) is 20.4. The lowest BCUT2D eigenvalue weighted by Crippen LogP contribution is -2.31. The molecule has 0 aliphatic carbocycles. The van der Waals surface area contributed by atoms with Gasteiger partial charge in [0.1, 0.15) is 18.4 Å². The van der Waals surface area contributed by atoms with E-state index in [2.05, 4.69) is 15.6 Å². The molecule has 218 valence electrons. The van der Waals surface area contributed by atoms with Gasteiger partial charge in [-0.15, -0.1) is 5.10 Å². The summed E-state index contributed by atoms with van der Waals surface area (Å²) in [5.74, 6) is 2.74. The zero-order chi connectivity index (χ0) is 29.6. The number of carbonyl (C=O) groups is 1. The standard InChI is InChI=1S/C31H32ClN5O4S/c1-5-40-24-14-10-9-13-23(24)34-29(38)27-19(3)33-30-35-31(42-6-2)36-37(30)28(27)20-15-16-25(26(17-20)39-4)41-18-21-11-7-8-12-22(21)32/h7-17,28H,5-6,18H2,1-4H3,(H,34,38)(H,33,35,36). The molecule has 1 amide bonds. The second-order valence-corrected chi connectivity index (χ2v) is 11.0. The fraction of sp³-hybridized carbons (Fsp3) is 0.258. The molecule has 0 fully saturated rings. The minimum absolute atomic E-state index is 0.277. The van der Waals surface area contributed by atoms with E-state index in [0.717, 1.165) is 16.9 Å². The zero-order valence-corrected chi connectivity index (χ0v) is 25.4. The first-order valence-electron chi connectivity index (χ1n) is 13.6. The summed E-state index contributed by atoms with van der Waals surface area (Å²) in [6.07, 6.45) is 0. The normalized spacial score (nSPS) is 14.2. The molecule has 1 aliphatic heterocycles. The molecule has 9 nitrogen and oxygen atoms in total. The fourth-order valence-electron chi connectivity index (χ4n) is 4.71. The molecule has 2 heterocycles. The van der Waals surface area contributed by atoms with Crippen molar-refractivity contribution >= 4 is 40.9 Å². The number of hydrogen-bond donors (Lipinski definition) is 2. The molecule has 5 rings (SSSR count). The van der Waals surface area contributed by atoms with Crippen LogP contribution in [0.15, 0.2) is 83.2 Å². The molecular formula is C31H32ClN5O4S. The van der Waals surface area contributed by atoms with Crippen molar-refractivity contribution in [3.63, 3.8) is 0 Å². The maximum Gasteiger partial charge on any atom is 0.255 e. The minimum atomic E-state index is -0.592. The summed E-state index contributed by atoms with van der Waals surface area (Å²) in [5, 5.41) is 12.3. The SMILES string of the molecule is CCOc1ccccc1NC(=O)C1=C(C)Nc2nc(SCC)nn2C1c1ccc(OCc2ccccc2Cl)c(OC)c1. The molecule has 1 aromatic heterocycles. The third-order valence-electron chi connectivity index (χ3n) is 6.63. The van der Waals surface area contributed by atoms with Crippen molar-refractivity contribution in [1.82, 2.24) is 14.8 Å². The van der Waals surface area contributed by atoms with Gasteiger partial charge in [-0.1, -0.05) is 66.7 Å². The number of para-hydroxylation sites is 2. The maximum absolute atomic E-state index is 14.0. The van der Waals surface area contributed by atoms with E-state index in [1.54, 1.807) is 11.8 Å². The van der Waals surface area contributed by atoms with Crippen molar-refractivity contribution in [2.75, 3.05) is 30.1 Å². The number of nitrogens with one attached hydrogen (secondary N) is 2. The lowest BCUT2D eigenvalue weighted by atomic mass is 9.94. The molecular weight excluding hydrogens is 574 g/mol. The summed E-state index contributed by atoms with van der Waals surface area (Å²) >= 11 is 7.85. The van der Waals surface area contributed by atoms with E-state index in [1.807, 2.05) is 87.5 Å². The molecule has 0 saturated carbocycles. The first kappa shape index (κ1) is 29.3. The predicted octanol–water partition coefficient (Wildman–Crippen LogP) is 6.96. The number of carbonyl (C=O) groups excluding carboxylic acids is 1. The number of hydrogen-bond acceptors (Lipinski definition) is 8. The van der Waals surface area contributed by atoms with Crippen LogP contribution in [-0.2, 0) is 11.4 Å². The minimum Gasteiger partial charge on any atom is -0.493 e. The quantitative estimate of drug-likeness (QED) is 0.177. The van der Waals surface area contributed by atoms with E-state index in [-0.39, 0.29) is 12.5 Å². The number of rotatable bonds is 11. The Labute approximate surface area is 254 Å². The number of aromatic nitrogens is 3. The Kier molecular flexibility index (Phi) is 9.24. The predicted molar refractivity (Wildman–Crippen MR) is 166 cm³/mol. The highest BCUT2D eigenvalue weighted by molar-refractivity contribution is 7.99. The third-order valence-corrected chi connectivity index (χ3v) is 7.72. The molecule has 2 N–H and O–H groups in total. The molecule has 11 heteroatoms. The van der Waals surface area contributed by atoms with Crippen LogP contribution >= 0.6 is 23.4 Å². The number of fused-ring (bicyclic) bond motifs is 1. The zero-order valence-electron chi connectivity index (χ0n) is 23.8. The summed E-state index contributed by atoms with van der Waals surface area (Å²) in [6, 6.07) is 19.9. The number of benzene rings is 3. The Hall–Kier alpha value is -4.15. The van der Waals surface area contributed by atoms with Crippen LogP contribution in [0.4, 0.5) is 11.6 Å². The van der Waals surface area contributed by atoms with E-state index in [1.165, 1.54) is 11.8 Å². The molecule has 3 aromatic carbocycles. The molecule has 42 heavy (non-hydrogen) atoms. The summed E-state index contributed by atoms with van der Waals surface area (Å²) < 4.78 is 19.3. The van der Waals surface area contributed by atoms with Crippen LogP contribution in [0.2, 0.25) is 5.02 Å². The maximum atomic E-state index is 14.0. The Balaban J connectivity index is 1.52.